The largest absolute Gasteiger partial charge is 0.308 e. The minimum atomic E-state index is -0.407. The van der Waals surface area contributed by atoms with Crippen molar-refractivity contribution >= 4 is 32.6 Å². The van der Waals surface area contributed by atoms with Crippen LogP contribution in [-0.2, 0) is 0 Å². The van der Waals surface area contributed by atoms with E-state index in [4.69, 9.17) is 11.8 Å². The Bertz CT molecular complexity index is 2590. The number of aromatic nitrogens is 3. The molecule has 3 heterocycles. The van der Waals surface area contributed by atoms with Gasteiger partial charge in [0.15, 0.2) is 0 Å². The summed E-state index contributed by atoms with van der Waals surface area (Å²) in [5.74, 6) is 0. The zero-order valence-electron chi connectivity index (χ0n) is 29.7. The summed E-state index contributed by atoms with van der Waals surface area (Å²) >= 11 is 0. The molecule has 3 aromatic heterocycles. The third kappa shape index (κ3) is 4.37. The van der Waals surface area contributed by atoms with E-state index in [1.165, 1.54) is 27.8 Å². The summed E-state index contributed by atoms with van der Waals surface area (Å²) in [5.41, 5.74) is 11.2. The predicted molar refractivity (Wildman–Crippen MR) is 184 cm³/mol. The summed E-state index contributed by atoms with van der Waals surface area (Å²) in [5, 5.41) is 4.03. The highest BCUT2D eigenvalue weighted by atomic mass is 15.0. The number of benzene rings is 5. The minimum absolute atomic E-state index is 0.174. The Morgan fingerprint density at radius 1 is 0.568 bits per heavy atom. The number of hydrogen-bond acceptors (Lipinski definition) is 2. The molecule has 8 rings (SSSR count). The quantitative estimate of drug-likeness (QED) is 0.211. The van der Waals surface area contributed by atoms with Crippen molar-refractivity contribution in [3.8, 4) is 39.3 Å². The summed E-state index contributed by atoms with van der Waals surface area (Å²) in [6.07, 6.45) is 3.60. The minimum Gasteiger partial charge on any atom is -0.308 e. The average molecular weight is 571 g/mol. The lowest BCUT2D eigenvalue weighted by molar-refractivity contribution is 1.17. The smallest absolute Gasteiger partial charge is 0.0893 e. The third-order valence-electron chi connectivity index (χ3n) is 8.71. The lowest BCUT2D eigenvalue weighted by atomic mass is 9.95. The topological polar surface area (TPSA) is 30.7 Å². The van der Waals surface area contributed by atoms with E-state index >= 15 is 0 Å². The maximum absolute atomic E-state index is 8.61. The molecule has 0 radical (unpaired) electrons. The zero-order valence-corrected chi connectivity index (χ0v) is 24.7. The Morgan fingerprint density at radius 2 is 1.30 bits per heavy atom. The normalized spacial score (nSPS) is 13.1. The van der Waals surface area contributed by atoms with Gasteiger partial charge in [0.2, 0.25) is 0 Å². The monoisotopic (exact) mass is 570 g/mol. The van der Waals surface area contributed by atoms with Gasteiger partial charge in [-0.05, 0) is 119 Å². The van der Waals surface area contributed by atoms with Gasteiger partial charge in [-0.15, -0.1) is 0 Å². The summed E-state index contributed by atoms with van der Waals surface area (Å²) in [4.78, 5) is 9.33. The van der Waals surface area contributed by atoms with Crippen LogP contribution in [0.4, 0.5) is 0 Å². The second kappa shape index (κ2) is 10.3. The summed E-state index contributed by atoms with van der Waals surface area (Å²) in [6.45, 7) is 6.48. The van der Waals surface area contributed by atoms with Crippen LogP contribution in [0, 0.1) is 20.8 Å². The number of pyridine rings is 2. The SMILES string of the molecule is [2H]c1c([2H])c([2H])c(-c2ccc3c(c2)c2cc(-c4ccccn4)ncc2n3-c2ccc3cc(-c4cc(C)c(C)c(C)c4)ccc3c2)c([2H])c1[2H]. The Hall–Kier alpha value is -5.54. The molecule has 5 aromatic carbocycles. The highest BCUT2D eigenvalue weighted by Crippen LogP contribution is 2.37. The molecule has 44 heavy (non-hydrogen) atoms. The van der Waals surface area contributed by atoms with Gasteiger partial charge >= 0.3 is 0 Å². The summed E-state index contributed by atoms with van der Waals surface area (Å²) in [7, 11) is 0. The van der Waals surface area contributed by atoms with Gasteiger partial charge < -0.3 is 4.57 Å². The number of nitrogens with zero attached hydrogens (tertiary/aromatic N) is 3. The van der Waals surface area contributed by atoms with Crippen LogP contribution in [0.2, 0.25) is 0 Å². The zero-order chi connectivity index (χ0) is 34.1. The van der Waals surface area contributed by atoms with Crippen LogP contribution >= 0.6 is 0 Å². The van der Waals surface area contributed by atoms with Gasteiger partial charge in [-0.2, -0.15) is 0 Å². The predicted octanol–water partition coefficient (Wildman–Crippen LogP) is 10.7. The van der Waals surface area contributed by atoms with E-state index in [1.54, 1.807) is 6.20 Å². The van der Waals surface area contributed by atoms with Crippen molar-refractivity contribution in [3.05, 3.63) is 150 Å². The Balaban J connectivity index is 1.33. The Kier molecular flexibility index (Phi) is 4.97. The van der Waals surface area contributed by atoms with Gasteiger partial charge in [0.1, 0.15) is 0 Å². The highest BCUT2D eigenvalue weighted by Gasteiger charge is 2.16. The molecule has 8 aromatic rings. The summed E-state index contributed by atoms with van der Waals surface area (Å²) < 4.78 is 44.0. The molecule has 210 valence electrons. The Morgan fingerprint density at radius 3 is 2.09 bits per heavy atom. The van der Waals surface area contributed by atoms with E-state index in [0.717, 1.165) is 44.0 Å². The van der Waals surface area contributed by atoms with Crippen LogP contribution in [-0.4, -0.2) is 14.5 Å². The molecule has 0 amide bonds. The number of aryl methyl sites for hydroxylation is 2. The average Bonchev–Trinajstić information content (AvgIpc) is 3.45. The van der Waals surface area contributed by atoms with Crippen LogP contribution in [0.25, 0.3) is 71.9 Å². The molecule has 0 N–H and O–H groups in total. The van der Waals surface area contributed by atoms with Gasteiger partial charge in [-0.1, -0.05) is 72.7 Å². The molecule has 0 bridgehead atoms. The fraction of sp³-hybridized carbons (Fsp3) is 0.0732. The van der Waals surface area contributed by atoms with Crippen LogP contribution in [0.3, 0.4) is 0 Å². The standard InChI is InChI=1S/C41H31N3/c1-26-19-34(20-27(2)28(26)3)31-12-13-32-22-35(16-14-30(32)21-31)44-40-17-15-33(29-9-5-4-6-10-29)23-36(40)37-24-39(43-25-41(37)44)38-11-7-8-18-42-38/h4-25H,1-3H3/i4D,5D,6D,9D,10D. The fourth-order valence-electron chi connectivity index (χ4n) is 6.16. The van der Waals surface area contributed by atoms with Crippen molar-refractivity contribution < 1.29 is 6.85 Å². The molecule has 0 aliphatic carbocycles. The van der Waals surface area contributed by atoms with Crippen LogP contribution in [0.5, 0.6) is 0 Å². The molecule has 0 aliphatic heterocycles. The molecule has 0 unspecified atom stereocenters. The molecular formula is C41H31N3. The maximum atomic E-state index is 8.61. The Labute approximate surface area is 264 Å². The third-order valence-corrected chi connectivity index (χ3v) is 8.71. The van der Waals surface area contributed by atoms with E-state index in [1.807, 2.05) is 48.7 Å². The van der Waals surface area contributed by atoms with Gasteiger partial charge in [-0.25, -0.2) is 0 Å². The van der Waals surface area contributed by atoms with E-state index in [-0.39, 0.29) is 29.7 Å². The second-order valence-corrected chi connectivity index (χ2v) is 11.4. The first-order valence-electron chi connectivity index (χ1n) is 17.2. The molecule has 0 spiro atoms. The van der Waals surface area contributed by atoms with Crippen molar-refractivity contribution in [3.63, 3.8) is 0 Å². The van der Waals surface area contributed by atoms with Crippen molar-refractivity contribution in [1.82, 2.24) is 14.5 Å². The van der Waals surface area contributed by atoms with Gasteiger partial charge in [0.05, 0.1) is 35.5 Å². The van der Waals surface area contributed by atoms with E-state index in [9.17, 15) is 0 Å². The number of fused-ring (bicyclic) bond motifs is 4. The van der Waals surface area contributed by atoms with Crippen LogP contribution < -0.4 is 0 Å². The lowest BCUT2D eigenvalue weighted by Gasteiger charge is -2.12. The number of rotatable bonds is 4. The lowest BCUT2D eigenvalue weighted by Crippen LogP contribution is -1.95. The van der Waals surface area contributed by atoms with E-state index in [2.05, 4.69) is 78.9 Å². The van der Waals surface area contributed by atoms with Crippen LogP contribution in [0.1, 0.15) is 23.5 Å². The highest BCUT2D eigenvalue weighted by molar-refractivity contribution is 6.11. The van der Waals surface area contributed by atoms with Crippen molar-refractivity contribution in [1.29, 1.82) is 0 Å². The molecule has 0 aliphatic rings. The maximum Gasteiger partial charge on any atom is 0.0893 e. The molecule has 0 atom stereocenters. The van der Waals surface area contributed by atoms with Crippen molar-refractivity contribution in [2.75, 3.05) is 0 Å². The van der Waals surface area contributed by atoms with Gasteiger partial charge in [0.25, 0.3) is 0 Å². The number of hydrogen-bond donors (Lipinski definition) is 0. The molecule has 3 heteroatoms. The van der Waals surface area contributed by atoms with Gasteiger partial charge in [0, 0.05) is 22.7 Å². The fourth-order valence-corrected chi connectivity index (χ4v) is 6.16. The first kappa shape index (κ1) is 21.2. The summed E-state index contributed by atoms with van der Waals surface area (Å²) in [6, 6.07) is 29.4. The van der Waals surface area contributed by atoms with Gasteiger partial charge in [-0.3, -0.25) is 9.97 Å². The van der Waals surface area contributed by atoms with Crippen molar-refractivity contribution in [2.24, 2.45) is 0 Å². The van der Waals surface area contributed by atoms with E-state index in [0.29, 0.717) is 11.3 Å². The molecule has 0 fully saturated rings. The molecule has 0 saturated carbocycles. The molecular weight excluding hydrogens is 534 g/mol. The van der Waals surface area contributed by atoms with Crippen LogP contribution in [0.15, 0.2) is 134 Å². The molecule has 0 saturated heterocycles. The van der Waals surface area contributed by atoms with Crippen molar-refractivity contribution in [2.45, 2.75) is 20.8 Å². The molecule has 3 nitrogen and oxygen atoms in total. The van der Waals surface area contributed by atoms with E-state index < -0.39 is 6.04 Å². The first-order valence-corrected chi connectivity index (χ1v) is 14.7. The first-order chi connectivity index (χ1) is 23.6. The second-order valence-electron chi connectivity index (χ2n) is 11.4.